The fourth-order valence-electron chi connectivity index (χ4n) is 2.96. The van der Waals surface area contributed by atoms with Crippen molar-refractivity contribution in [1.82, 2.24) is 14.5 Å². The van der Waals surface area contributed by atoms with E-state index in [0.717, 1.165) is 17.9 Å². The van der Waals surface area contributed by atoms with Gasteiger partial charge in [-0.2, -0.15) is 0 Å². The molecule has 2 aliphatic rings. The first kappa shape index (κ1) is 14.1. The number of imidazole rings is 1. The van der Waals surface area contributed by atoms with E-state index in [0.29, 0.717) is 36.8 Å². The predicted molar refractivity (Wildman–Crippen MR) is 80.2 cm³/mol. The Bertz CT molecular complexity index is 756. The molecule has 1 amide bonds. The van der Waals surface area contributed by atoms with Crippen molar-refractivity contribution in [3.05, 3.63) is 41.5 Å². The van der Waals surface area contributed by atoms with Gasteiger partial charge in [-0.15, -0.1) is 0 Å². The number of ether oxygens (including phenoxy) is 3. The van der Waals surface area contributed by atoms with E-state index < -0.39 is 0 Å². The highest BCUT2D eigenvalue weighted by Gasteiger charge is 2.25. The van der Waals surface area contributed by atoms with Crippen molar-refractivity contribution in [2.75, 3.05) is 20.4 Å². The van der Waals surface area contributed by atoms with Crippen LogP contribution in [0.2, 0.25) is 0 Å². The summed E-state index contributed by atoms with van der Waals surface area (Å²) in [4.78, 5) is 19.0. The molecule has 3 heterocycles. The molecule has 0 saturated carbocycles. The zero-order valence-corrected chi connectivity index (χ0v) is 12.8. The van der Waals surface area contributed by atoms with Crippen LogP contribution in [-0.4, -0.2) is 40.8 Å². The summed E-state index contributed by atoms with van der Waals surface area (Å²) >= 11 is 0. The highest BCUT2D eigenvalue weighted by Crippen LogP contribution is 2.33. The zero-order valence-electron chi connectivity index (χ0n) is 12.8. The number of benzene rings is 1. The molecule has 0 atom stereocenters. The van der Waals surface area contributed by atoms with Gasteiger partial charge >= 0.3 is 0 Å². The summed E-state index contributed by atoms with van der Waals surface area (Å²) in [5.41, 5.74) is 2.53. The average Bonchev–Trinajstić information content (AvgIpc) is 3.20. The van der Waals surface area contributed by atoms with Crippen LogP contribution in [0.25, 0.3) is 0 Å². The molecular formula is C16H17N3O4. The van der Waals surface area contributed by atoms with Gasteiger partial charge in [0.2, 0.25) is 6.79 Å². The van der Waals surface area contributed by atoms with E-state index in [1.807, 2.05) is 11.2 Å². The lowest BCUT2D eigenvalue weighted by atomic mass is 10.1. The third kappa shape index (κ3) is 2.43. The summed E-state index contributed by atoms with van der Waals surface area (Å²) < 4.78 is 17.9. The SMILES string of the molecule is COCc1ncn2c1CN(C(=O)c1ccc3c(c1)OCO3)CC2. The van der Waals surface area contributed by atoms with Gasteiger partial charge in [-0.1, -0.05) is 0 Å². The van der Waals surface area contributed by atoms with E-state index in [4.69, 9.17) is 14.2 Å². The van der Waals surface area contributed by atoms with Crippen LogP contribution >= 0.6 is 0 Å². The van der Waals surface area contributed by atoms with Crippen molar-refractivity contribution in [2.24, 2.45) is 0 Å². The van der Waals surface area contributed by atoms with Crippen LogP contribution in [0.5, 0.6) is 11.5 Å². The van der Waals surface area contributed by atoms with Crippen molar-refractivity contribution in [3.63, 3.8) is 0 Å². The van der Waals surface area contributed by atoms with Gasteiger partial charge in [-0.25, -0.2) is 4.98 Å². The van der Waals surface area contributed by atoms with Crippen molar-refractivity contribution < 1.29 is 19.0 Å². The van der Waals surface area contributed by atoms with Crippen molar-refractivity contribution in [2.45, 2.75) is 19.7 Å². The molecule has 0 fully saturated rings. The Hall–Kier alpha value is -2.54. The maximum absolute atomic E-state index is 12.8. The monoisotopic (exact) mass is 315 g/mol. The largest absolute Gasteiger partial charge is 0.454 e. The van der Waals surface area contributed by atoms with Gasteiger partial charge in [0, 0.05) is 25.8 Å². The molecular weight excluding hydrogens is 298 g/mol. The molecule has 0 radical (unpaired) electrons. The molecule has 0 unspecified atom stereocenters. The highest BCUT2D eigenvalue weighted by atomic mass is 16.7. The standard InChI is InChI=1S/C16H17N3O4/c1-21-8-12-13-7-18(4-5-19(13)9-17-12)16(20)11-2-3-14-15(6-11)23-10-22-14/h2-3,6,9H,4-5,7-8,10H2,1H3. The van der Waals surface area contributed by atoms with Crippen LogP contribution < -0.4 is 9.47 Å². The molecule has 0 bridgehead atoms. The number of hydrogen-bond donors (Lipinski definition) is 0. The molecule has 23 heavy (non-hydrogen) atoms. The van der Waals surface area contributed by atoms with Crippen LogP contribution in [0.4, 0.5) is 0 Å². The minimum Gasteiger partial charge on any atom is -0.454 e. The first-order chi connectivity index (χ1) is 11.3. The molecule has 0 spiro atoms. The Morgan fingerprint density at radius 1 is 1.30 bits per heavy atom. The molecule has 2 aromatic rings. The molecule has 1 aromatic carbocycles. The van der Waals surface area contributed by atoms with Gasteiger partial charge < -0.3 is 23.7 Å². The van der Waals surface area contributed by atoms with E-state index in [1.165, 1.54) is 0 Å². The van der Waals surface area contributed by atoms with Crippen LogP contribution in [0.3, 0.4) is 0 Å². The second-order valence-corrected chi connectivity index (χ2v) is 5.56. The Labute approximate surface area is 133 Å². The number of rotatable bonds is 3. The van der Waals surface area contributed by atoms with E-state index in [9.17, 15) is 4.79 Å². The number of nitrogens with zero attached hydrogens (tertiary/aromatic N) is 3. The molecule has 2 aliphatic heterocycles. The van der Waals surface area contributed by atoms with E-state index in [-0.39, 0.29) is 12.7 Å². The zero-order chi connectivity index (χ0) is 15.8. The summed E-state index contributed by atoms with van der Waals surface area (Å²) in [6.45, 7) is 2.59. The van der Waals surface area contributed by atoms with Gasteiger partial charge in [0.05, 0.1) is 30.9 Å². The van der Waals surface area contributed by atoms with Crippen molar-refractivity contribution in [3.8, 4) is 11.5 Å². The number of hydrogen-bond acceptors (Lipinski definition) is 5. The molecule has 0 N–H and O–H groups in total. The maximum atomic E-state index is 12.8. The predicted octanol–water partition coefficient (Wildman–Crippen LogP) is 1.41. The second-order valence-electron chi connectivity index (χ2n) is 5.56. The number of amides is 1. The molecule has 0 saturated heterocycles. The Kier molecular flexibility index (Phi) is 3.42. The lowest BCUT2D eigenvalue weighted by Crippen LogP contribution is -2.38. The topological polar surface area (TPSA) is 65.8 Å². The van der Waals surface area contributed by atoms with Gasteiger partial charge in [-0.3, -0.25) is 4.79 Å². The Balaban J connectivity index is 1.56. The highest BCUT2D eigenvalue weighted by molar-refractivity contribution is 5.95. The van der Waals surface area contributed by atoms with Gasteiger partial charge in [0.25, 0.3) is 5.91 Å². The maximum Gasteiger partial charge on any atom is 0.254 e. The van der Waals surface area contributed by atoms with Crippen LogP contribution in [0.1, 0.15) is 21.7 Å². The molecule has 120 valence electrons. The minimum atomic E-state index is -0.0147. The lowest BCUT2D eigenvalue weighted by Gasteiger charge is -2.29. The summed E-state index contributed by atoms with van der Waals surface area (Å²) in [6, 6.07) is 5.30. The summed E-state index contributed by atoms with van der Waals surface area (Å²) in [7, 11) is 1.64. The quantitative estimate of drug-likeness (QED) is 0.857. The minimum absolute atomic E-state index is 0.0147. The number of carbonyl (C=O) groups excluding carboxylic acids is 1. The smallest absolute Gasteiger partial charge is 0.254 e. The number of methoxy groups -OCH3 is 1. The molecule has 1 aromatic heterocycles. The van der Waals surface area contributed by atoms with Crippen LogP contribution in [-0.2, 0) is 24.4 Å². The van der Waals surface area contributed by atoms with Gasteiger partial charge in [0.15, 0.2) is 11.5 Å². The fraction of sp³-hybridized carbons (Fsp3) is 0.375. The third-order valence-corrected chi connectivity index (χ3v) is 4.17. The summed E-state index contributed by atoms with van der Waals surface area (Å²) in [5.74, 6) is 1.29. The lowest BCUT2D eigenvalue weighted by molar-refractivity contribution is 0.0708. The summed E-state index contributed by atoms with van der Waals surface area (Å²) in [6.07, 6.45) is 1.81. The van der Waals surface area contributed by atoms with Crippen LogP contribution in [0.15, 0.2) is 24.5 Å². The molecule has 7 nitrogen and oxygen atoms in total. The first-order valence-electron chi connectivity index (χ1n) is 7.47. The van der Waals surface area contributed by atoms with E-state index in [2.05, 4.69) is 9.55 Å². The Morgan fingerprint density at radius 3 is 3.04 bits per heavy atom. The fourth-order valence-corrected chi connectivity index (χ4v) is 2.96. The molecule has 4 rings (SSSR count). The second kappa shape index (κ2) is 5.58. The first-order valence-corrected chi connectivity index (χ1v) is 7.47. The van der Waals surface area contributed by atoms with Crippen LogP contribution in [0, 0.1) is 0 Å². The number of carbonyl (C=O) groups is 1. The summed E-state index contributed by atoms with van der Waals surface area (Å²) in [5, 5.41) is 0. The van der Waals surface area contributed by atoms with Gasteiger partial charge in [-0.05, 0) is 18.2 Å². The number of aromatic nitrogens is 2. The van der Waals surface area contributed by atoms with Gasteiger partial charge in [0.1, 0.15) is 0 Å². The van der Waals surface area contributed by atoms with E-state index in [1.54, 1.807) is 25.3 Å². The van der Waals surface area contributed by atoms with Crippen molar-refractivity contribution in [1.29, 1.82) is 0 Å². The number of fused-ring (bicyclic) bond motifs is 2. The molecule has 7 heteroatoms. The Morgan fingerprint density at radius 2 is 2.17 bits per heavy atom. The van der Waals surface area contributed by atoms with E-state index >= 15 is 0 Å². The third-order valence-electron chi connectivity index (χ3n) is 4.17. The van der Waals surface area contributed by atoms with Crippen molar-refractivity contribution >= 4 is 5.91 Å². The normalized spacial score (nSPS) is 15.6. The molecule has 0 aliphatic carbocycles. The average molecular weight is 315 g/mol.